The second-order valence-corrected chi connectivity index (χ2v) is 8.44. The summed E-state index contributed by atoms with van der Waals surface area (Å²) in [6, 6.07) is 11.8. The number of ether oxygens (including phenoxy) is 1. The van der Waals surface area contributed by atoms with Gasteiger partial charge < -0.3 is 15.2 Å². The highest BCUT2D eigenvalue weighted by Gasteiger charge is 2.36. The first kappa shape index (κ1) is 24.4. The smallest absolute Gasteiger partial charge is 0.435 e. The molecule has 2 aromatic carbocycles. The van der Waals surface area contributed by atoms with E-state index in [2.05, 4.69) is 10.4 Å². The van der Waals surface area contributed by atoms with Gasteiger partial charge in [-0.1, -0.05) is 50.6 Å². The second-order valence-electron chi connectivity index (χ2n) is 8.04. The first-order valence-corrected chi connectivity index (χ1v) is 10.5. The molecule has 176 valence electrons. The molecule has 3 rings (SSSR count). The number of para-hydroxylation sites is 1. The minimum atomic E-state index is -4.72. The van der Waals surface area contributed by atoms with Crippen LogP contribution >= 0.6 is 11.6 Å². The van der Waals surface area contributed by atoms with Gasteiger partial charge in [-0.25, -0.2) is 0 Å². The summed E-state index contributed by atoms with van der Waals surface area (Å²) in [6.45, 7) is 5.47. The fraction of sp³-hybridized carbons (Fsp3) is 0.304. The zero-order valence-electron chi connectivity index (χ0n) is 18.2. The molecule has 1 heterocycles. The van der Waals surface area contributed by atoms with Crippen molar-refractivity contribution in [1.82, 2.24) is 9.78 Å². The van der Waals surface area contributed by atoms with Crippen molar-refractivity contribution in [2.24, 2.45) is 0 Å². The van der Waals surface area contributed by atoms with Crippen LogP contribution in [0.15, 0.2) is 48.5 Å². The molecule has 6 nitrogen and oxygen atoms in total. The summed E-state index contributed by atoms with van der Waals surface area (Å²) in [5, 5.41) is 16.4. The van der Waals surface area contributed by atoms with Crippen LogP contribution in [0.25, 0.3) is 5.69 Å². The number of hydrogen-bond donors (Lipinski definition) is 2. The molecule has 1 amide bonds. The summed E-state index contributed by atoms with van der Waals surface area (Å²) in [6.07, 6.45) is -3.88. The summed E-state index contributed by atoms with van der Waals surface area (Å²) in [7, 11) is 0. The third kappa shape index (κ3) is 5.60. The van der Waals surface area contributed by atoms with Gasteiger partial charge in [-0.3, -0.25) is 4.79 Å². The maximum atomic E-state index is 13.2. The molecular formula is C23H23ClF3N3O3. The SMILES string of the molecule is CCC(C)(C)c1ccc(O)c(NC(=O)COc2cc(C(F)(F)F)nn2-c2ccccc2Cl)c1. The van der Waals surface area contributed by atoms with Crippen molar-refractivity contribution in [1.29, 1.82) is 0 Å². The second kappa shape index (κ2) is 9.35. The van der Waals surface area contributed by atoms with Crippen LogP contribution in [-0.2, 0) is 16.4 Å². The van der Waals surface area contributed by atoms with Crippen molar-refractivity contribution in [3.8, 4) is 17.3 Å². The van der Waals surface area contributed by atoms with Gasteiger partial charge in [0.25, 0.3) is 5.91 Å². The Morgan fingerprint density at radius 1 is 1.18 bits per heavy atom. The Kier molecular flexibility index (Phi) is 6.92. The number of carbonyl (C=O) groups is 1. The number of aromatic hydroxyl groups is 1. The number of phenols is 1. The predicted molar refractivity (Wildman–Crippen MR) is 119 cm³/mol. The number of nitrogens with one attached hydrogen (secondary N) is 1. The standard InChI is InChI=1S/C23H23ClF3N3O3/c1-4-22(2,3)14-9-10-18(31)16(11-14)28-20(32)13-33-21-12-19(23(25,26)27)29-30(21)17-8-6-5-7-15(17)24/h5-12,31H,4,13H2,1-3H3,(H,28,32). The highest BCUT2D eigenvalue weighted by atomic mass is 35.5. The molecule has 0 unspecified atom stereocenters. The van der Waals surface area contributed by atoms with Crippen molar-refractivity contribution in [3.05, 3.63) is 64.8 Å². The van der Waals surface area contributed by atoms with Gasteiger partial charge in [-0.2, -0.15) is 23.0 Å². The van der Waals surface area contributed by atoms with Gasteiger partial charge in [0.1, 0.15) is 5.75 Å². The third-order valence-corrected chi connectivity index (χ3v) is 5.65. The van der Waals surface area contributed by atoms with Crippen molar-refractivity contribution in [3.63, 3.8) is 0 Å². The number of benzene rings is 2. The number of alkyl halides is 3. The Labute approximate surface area is 193 Å². The topological polar surface area (TPSA) is 76.4 Å². The lowest BCUT2D eigenvalue weighted by Crippen LogP contribution is -2.22. The minimum Gasteiger partial charge on any atom is -0.506 e. The zero-order valence-corrected chi connectivity index (χ0v) is 19.0. The van der Waals surface area contributed by atoms with E-state index in [-0.39, 0.29) is 33.4 Å². The largest absolute Gasteiger partial charge is 0.506 e. The molecule has 0 aliphatic heterocycles. The summed E-state index contributed by atoms with van der Waals surface area (Å²) in [4.78, 5) is 12.5. The molecule has 0 fully saturated rings. The lowest BCUT2D eigenvalue weighted by molar-refractivity contribution is -0.141. The van der Waals surface area contributed by atoms with E-state index >= 15 is 0 Å². The van der Waals surface area contributed by atoms with Gasteiger partial charge in [-0.05, 0) is 41.7 Å². The van der Waals surface area contributed by atoms with E-state index in [1.54, 1.807) is 24.3 Å². The van der Waals surface area contributed by atoms with E-state index < -0.39 is 24.4 Å². The number of rotatable bonds is 7. The van der Waals surface area contributed by atoms with Crippen molar-refractivity contribution in [2.75, 3.05) is 11.9 Å². The van der Waals surface area contributed by atoms with E-state index in [1.807, 2.05) is 20.8 Å². The zero-order chi connectivity index (χ0) is 24.4. The fourth-order valence-corrected chi connectivity index (χ4v) is 3.20. The molecule has 0 radical (unpaired) electrons. The van der Waals surface area contributed by atoms with Crippen LogP contribution in [0.1, 0.15) is 38.4 Å². The molecule has 0 atom stereocenters. The maximum Gasteiger partial charge on any atom is 0.435 e. The predicted octanol–water partition coefficient (Wildman–Crippen LogP) is 5.96. The molecule has 0 saturated carbocycles. The lowest BCUT2D eigenvalue weighted by Gasteiger charge is -2.24. The molecule has 0 aliphatic carbocycles. The van der Waals surface area contributed by atoms with Gasteiger partial charge >= 0.3 is 6.18 Å². The van der Waals surface area contributed by atoms with Crippen molar-refractivity contribution < 1.29 is 27.8 Å². The highest BCUT2D eigenvalue weighted by Crippen LogP contribution is 2.34. The molecule has 10 heteroatoms. The molecule has 2 N–H and O–H groups in total. The molecule has 0 bridgehead atoms. The molecule has 0 saturated heterocycles. The van der Waals surface area contributed by atoms with Crippen molar-refractivity contribution >= 4 is 23.2 Å². The van der Waals surface area contributed by atoms with E-state index in [0.717, 1.165) is 16.7 Å². The van der Waals surface area contributed by atoms with Gasteiger partial charge in [0, 0.05) is 6.07 Å². The number of phenolic OH excluding ortho intramolecular Hbond substituents is 1. The number of carbonyl (C=O) groups excluding carboxylic acids is 1. The van der Waals surface area contributed by atoms with E-state index in [9.17, 15) is 23.1 Å². The molecule has 3 aromatic rings. The summed E-state index contributed by atoms with van der Waals surface area (Å²) < 4.78 is 45.9. The Hall–Kier alpha value is -3.20. The van der Waals surface area contributed by atoms with E-state index in [1.165, 1.54) is 18.2 Å². The van der Waals surface area contributed by atoms with Crippen LogP contribution in [0.3, 0.4) is 0 Å². The number of hydrogen-bond acceptors (Lipinski definition) is 4. The number of amides is 1. The highest BCUT2D eigenvalue weighted by molar-refractivity contribution is 6.32. The Balaban J connectivity index is 1.82. The van der Waals surface area contributed by atoms with E-state index in [0.29, 0.717) is 6.07 Å². The summed E-state index contributed by atoms with van der Waals surface area (Å²) in [5.41, 5.74) is -0.120. The van der Waals surface area contributed by atoms with Crippen LogP contribution in [0, 0.1) is 0 Å². The van der Waals surface area contributed by atoms with Crippen molar-refractivity contribution in [2.45, 2.75) is 38.8 Å². The molecule has 33 heavy (non-hydrogen) atoms. The van der Waals surface area contributed by atoms with Crippen LogP contribution < -0.4 is 10.1 Å². The maximum absolute atomic E-state index is 13.2. The summed E-state index contributed by atoms with van der Waals surface area (Å²) in [5.74, 6) is -1.12. The number of halogens is 4. The summed E-state index contributed by atoms with van der Waals surface area (Å²) >= 11 is 6.10. The average molecular weight is 482 g/mol. The van der Waals surface area contributed by atoms with Gasteiger partial charge in [0.2, 0.25) is 5.88 Å². The monoisotopic (exact) mass is 481 g/mol. The Morgan fingerprint density at radius 3 is 2.52 bits per heavy atom. The lowest BCUT2D eigenvalue weighted by atomic mass is 9.82. The third-order valence-electron chi connectivity index (χ3n) is 5.33. The molecule has 1 aromatic heterocycles. The molecule has 0 aliphatic rings. The minimum absolute atomic E-state index is 0.139. The van der Waals surface area contributed by atoms with Gasteiger partial charge in [0.05, 0.1) is 16.4 Å². The number of anilines is 1. The first-order chi connectivity index (χ1) is 15.4. The van der Waals surface area contributed by atoms with Crippen LogP contribution in [0.2, 0.25) is 5.02 Å². The quantitative estimate of drug-likeness (QED) is 0.408. The number of nitrogens with zero attached hydrogens (tertiary/aromatic N) is 2. The molecule has 0 spiro atoms. The van der Waals surface area contributed by atoms with Crippen LogP contribution in [0.5, 0.6) is 11.6 Å². The first-order valence-electron chi connectivity index (χ1n) is 10.1. The normalized spacial score (nSPS) is 12.0. The number of aromatic nitrogens is 2. The van der Waals surface area contributed by atoms with Crippen LogP contribution in [-0.4, -0.2) is 27.4 Å². The fourth-order valence-electron chi connectivity index (χ4n) is 2.99. The average Bonchev–Trinajstić information content (AvgIpc) is 3.18. The molecular weight excluding hydrogens is 459 g/mol. The van der Waals surface area contributed by atoms with Gasteiger partial charge in [-0.15, -0.1) is 0 Å². The Morgan fingerprint density at radius 2 is 1.88 bits per heavy atom. The van der Waals surface area contributed by atoms with E-state index in [4.69, 9.17) is 16.3 Å². The van der Waals surface area contributed by atoms with Crippen LogP contribution in [0.4, 0.5) is 18.9 Å². The van der Waals surface area contributed by atoms with Gasteiger partial charge in [0.15, 0.2) is 12.3 Å². The Bertz CT molecular complexity index is 1160.